The fraction of sp³-hybridized carbons (Fsp3) is 0.0833. The molecule has 1 aromatic carbocycles. The zero-order valence-electron chi connectivity index (χ0n) is 9.41. The third-order valence-corrected chi connectivity index (χ3v) is 2.87. The molecular formula is C12H8ClFN4. The highest BCUT2D eigenvalue weighted by molar-refractivity contribution is 6.28. The highest BCUT2D eigenvalue weighted by Gasteiger charge is 2.13. The van der Waals surface area contributed by atoms with Crippen molar-refractivity contribution in [3.8, 4) is 11.3 Å². The second-order valence-corrected chi connectivity index (χ2v) is 4.24. The molecule has 2 aromatic heterocycles. The molecule has 0 unspecified atom stereocenters. The van der Waals surface area contributed by atoms with Crippen LogP contribution in [0.25, 0.3) is 22.4 Å². The minimum absolute atomic E-state index is 0.119. The number of rotatable bonds is 1. The number of H-pyrrole nitrogens is 1. The number of aryl methyl sites for hydroxylation is 1. The fourth-order valence-electron chi connectivity index (χ4n) is 1.89. The lowest BCUT2D eigenvalue weighted by atomic mass is 10.0. The van der Waals surface area contributed by atoms with Crippen LogP contribution in [0.5, 0.6) is 0 Å². The number of aromatic amines is 1. The van der Waals surface area contributed by atoms with E-state index in [0.29, 0.717) is 16.9 Å². The van der Waals surface area contributed by atoms with Gasteiger partial charge in [0.2, 0.25) is 5.28 Å². The lowest BCUT2D eigenvalue weighted by molar-refractivity contribution is 0.627. The van der Waals surface area contributed by atoms with Crippen LogP contribution in [0.2, 0.25) is 5.28 Å². The molecule has 0 fully saturated rings. The Morgan fingerprint density at radius 1 is 1.28 bits per heavy atom. The van der Waals surface area contributed by atoms with Gasteiger partial charge in [0.15, 0.2) is 5.65 Å². The number of halogens is 2. The molecule has 3 rings (SSSR count). The zero-order valence-corrected chi connectivity index (χ0v) is 10.2. The molecule has 18 heavy (non-hydrogen) atoms. The molecule has 0 saturated carbocycles. The van der Waals surface area contributed by atoms with Crippen molar-refractivity contribution >= 4 is 22.8 Å². The van der Waals surface area contributed by atoms with Crippen molar-refractivity contribution in [2.75, 3.05) is 0 Å². The molecule has 0 aliphatic rings. The van der Waals surface area contributed by atoms with E-state index in [9.17, 15) is 4.39 Å². The first kappa shape index (κ1) is 11.1. The Labute approximate surface area is 107 Å². The summed E-state index contributed by atoms with van der Waals surface area (Å²) in [6, 6.07) is 4.51. The maximum absolute atomic E-state index is 13.1. The Hall–Kier alpha value is -2.01. The van der Waals surface area contributed by atoms with Gasteiger partial charge in [-0.1, -0.05) is 0 Å². The van der Waals surface area contributed by atoms with E-state index >= 15 is 0 Å². The second kappa shape index (κ2) is 4.03. The minimum atomic E-state index is -0.280. The number of benzene rings is 1. The van der Waals surface area contributed by atoms with Crippen LogP contribution in [0, 0.1) is 12.7 Å². The molecule has 0 aliphatic heterocycles. The van der Waals surface area contributed by atoms with E-state index in [4.69, 9.17) is 11.6 Å². The molecule has 2 heterocycles. The highest BCUT2D eigenvalue weighted by Crippen LogP contribution is 2.28. The van der Waals surface area contributed by atoms with Crippen LogP contribution < -0.4 is 0 Å². The van der Waals surface area contributed by atoms with Gasteiger partial charge in [-0.25, -0.2) is 14.4 Å². The average Bonchev–Trinajstić information content (AvgIpc) is 2.76. The molecule has 0 saturated heterocycles. The van der Waals surface area contributed by atoms with Crippen LogP contribution in [0.3, 0.4) is 0 Å². The highest BCUT2D eigenvalue weighted by atomic mass is 35.5. The largest absolute Gasteiger partial charge is 0.341 e. The van der Waals surface area contributed by atoms with Crippen LogP contribution in [0.15, 0.2) is 24.5 Å². The summed E-state index contributed by atoms with van der Waals surface area (Å²) in [7, 11) is 0. The normalized spacial score (nSPS) is 11.1. The summed E-state index contributed by atoms with van der Waals surface area (Å²) >= 11 is 5.86. The van der Waals surface area contributed by atoms with Gasteiger partial charge in [0.05, 0.1) is 6.33 Å². The molecule has 0 atom stereocenters. The molecule has 0 radical (unpaired) electrons. The summed E-state index contributed by atoms with van der Waals surface area (Å²) in [4.78, 5) is 15.2. The molecule has 3 aromatic rings. The van der Waals surface area contributed by atoms with E-state index in [1.54, 1.807) is 6.07 Å². The molecular weight excluding hydrogens is 255 g/mol. The Morgan fingerprint density at radius 2 is 2.11 bits per heavy atom. The van der Waals surface area contributed by atoms with Crippen molar-refractivity contribution < 1.29 is 4.39 Å². The molecule has 0 aliphatic carbocycles. The predicted molar refractivity (Wildman–Crippen MR) is 66.8 cm³/mol. The maximum Gasteiger partial charge on any atom is 0.225 e. The zero-order chi connectivity index (χ0) is 12.7. The number of aromatic nitrogens is 4. The number of hydrogen-bond donors (Lipinski definition) is 1. The van der Waals surface area contributed by atoms with Gasteiger partial charge < -0.3 is 4.98 Å². The molecule has 90 valence electrons. The van der Waals surface area contributed by atoms with Gasteiger partial charge in [-0.05, 0) is 42.3 Å². The Bertz CT molecular complexity index is 738. The molecule has 4 nitrogen and oxygen atoms in total. The molecule has 0 spiro atoms. The first-order valence-corrected chi connectivity index (χ1v) is 5.66. The quantitative estimate of drug-likeness (QED) is 0.686. The maximum atomic E-state index is 13.1. The van der Waals surface area contributed by atoms with Crippen LogP contribution in [-0.4, -0.2) is 19.9 Å². The lowest BCUT2D eigenvalue weighted by Gasteiger charge is -2.06. The number of nitrogens with one attached hydrogen (secondary N) is 1. The van der Waals surface area contributed by atoms with Crippen molar-refractivity contribution in [1.82, 2.24) is 19.9 Å². The first-order valence-electron chi connectivity index (χ1n) is 5.28. The molecule has 0 bridgehead atoms. The number of hydrogen-bond acceptors (Lipinski definition) is 3. The Balaban J connectivity index is 2.33. The van der Waals surface area contributed by atoms with Crippen molar-refractivity contribution in [3.63, 3.8) is 0 Å². The van der Waals surface area contributed by atoms with E-state index in [2.05, 4.69) is 19.9 Å². The number of nitrogens with zero attached hydrogens (tertiary/aromatic N) is 3. The van der Waals surface area contributed by atoms with E-state index in [1.165, 1.54) is 18.5 Å². The average molecular weight is 263 g/mol. The minimum Gasteiger partial charge on any atom is -0.341 e. The van der Waals surface area contributed by atoms with E-state index in [-0.39, 0.29) is 11.1 Å². The standard InChI is InChI=1S/C12H8ClFN4/c1-6-4-7(14)2-3-8(6)9-10-11(16-5-15-10)18-12(13)17-9/h2-5H,1H3,(H,15,16,17,18). The summed E-state index contributed by atoms with van der Waals surface area (Å²) in [5, 5.41) is 0.119. The van der Waals surface area contributed by atoms with Crippen molar-refractivity contribution in [2.24, 2.45) is 0 Å². The second-order valence-electron chi connectivity index (χ2n) is 3.90. The van der Waals surface area contributed by atoms with Crippen molar-refractivity contribution in [1.29, 1.82) is 0 Å². The summed E-state index contributed by atoms with van der Waals surface area (Å²) in [5.41, 5.74) is 3.39. The van der Waals surface area contributed by atoms with Gasteiger partial charge in [-0.3, -0.25) is 0 Å². The monoisotopic (exact) mass is 262 g/mol. The van der Waals surface area contributed by atoms with Gasteiger partial charge in [0.1, 0.15) is 17.0 Å². The predicted octanol–water partition coefficient (Wildman–Crippen LogP) is 3.12. The molecule has 6 heteroatoms. The third-order valence-electron chi connectivity index (χ3n) is 2.70. The smallest absolute Gasteiger partial charge is 0.225 e. The fourth-order valence-corrected chi connectivity index (χ4v) is 2.06. The third kappa shape index (κ3) is 1.73. The van der Waals surface area contributed by atoms with E-state index < -0.39 is 0 Å². The summed E-state index contributed by atoms with van der Waals surface area (Å²) in [6.45, 7) is 1.82. The van der Waals surface area contributed by atoms with E-state index in [1.807, 2.05) is 6.92 Å². The van der Waals surface area contributed by atoms with Crippen LogP contribution in [0.1, 0.15) is 5.56 Å². The lowest BCUT2D eigenvalue weighted by Crippen LogP contribution is -1.93. The first-order chi connectivity index (χ1) is 8.65. The molecule has 0 amide bonds. The van der Waals surface area contributed by atoms with E-state index in [0.717, 1.165) is 11.1 Å². The SMILES string of the molecule is Cc1cc(F)ccc1-c1nc(Cl)nc2nc[nH]c12. The number of imidazole rings is 1. The topological polar surface area (TPSA) is 54.5 Å². The summed E-state index contributed by atoms with van der Waals surface area (Å²) < 4.78 is 13.1. The van der Waals surface area contributed by atoms with Crippen LogP contribution in [-0.2, 0) is 0 Å². The number of fused-ring (bicyclic) bond motifs is 1. The van der Waals surface area contributed by atoms with Crippen LogP contribution >= 0.6 is 11.6 Å². The summed E-state index contributed by atoms with van der Waals surface area (Å²) in [5.74, 6) is -0.280. The van der Waals surface area contributed by atoms with Gasteiger partial charge in [0, 0.05) is 5.56 Å². The van der Waals surface area contributed by atoms with Crippen molar-refractivity contribution in [3.05, 3.63) is 41.2 Å². The Morgan fingerprint density at radius 3 is 2.89 bits per heavy atom. The molecule has 1 N–H and O–H groups in total. The summed E-state index contributed by atoms with van der Waals surface area (Å²) in [6.07, 6.45) is 1.53. The van der Waals surface area contributed by atoms with Gasteiger partial charge in [-0.15, -0.1) is 0 Å². The van der Waals surface area contributed by atoms with Gasteiger partial charge in [0.25, 0.3) is 0 Å². The van der Waals surface area contributed by atoms with Crippen LogP contribution in [0.4, 0.5) is 4.39 Å². The van der Waals surface area contributed by atoms with Gasteiger partial charge >= 0.3 is 0 Å². The van der Waals surface area contributed by atoms with Crippen molar-refractivity contribution in [2.45, 2.75) is 6.92 Å². The van der Waals surface area contributed by atoms with Gasteiger partial charge in [-0.2, -0.15) is 4.98 Å². The Kier molecular flexibility index (Phi) is 2.48.